The molecule has 0 bridgehead atoms. The normalized spacial score (nSPS) is 12.0. The fourth-order valence-corrected chi connectivity index (χ4v) is 2.19. The molecule has 0 amide bonds. The standard InChI is InChI=1S/2C6H16NS.FH2O3P/c2*1-5-8-6-7(2,3)4;1-5(2,3)4/h2*5-6H2,1-4H3;(H2,2,3,4)/q2*+1;/p-2. The summed E-state index contributed by atoms with van der Waals surface area (Å²) in [5.41, 5.74) is 0. The van der Waals surface area contributed by atoms with Gasteiger partial charge in [-0.1, -0.05) is 13.8 Å². The maximum atomic E-state index is 10.1. The summed E-state index contributed by atoms with van der Waals surface area (Å²) >= 11 is 3.97. The molecular formula is C12H32FN2O3PS2. The molecule has 0 radical (unpaired) electrons. The Labute approximate surface area is 138 Å². The average molecular weight is 367 g/mol. The van der Waals surface area contributed by atoms with Crippen LogP contribution in [0.2, 0.25) is 0 Å². The molecule has 5 nitrogen and oxygen atoms in total. The van der Waals surface area contributed by atoms with E-state index in [9.17, 15) is 4.20 Å². The SMILES string of the molecule is CCSC[N+](C)(C)C.CCSC[N+](C)(C)C.O=P([O-])([O-])F. The van der Waals surface area contributed by atoms with E-state index >= 15 is 0 Å². The van der Waals surface area contributed by atoms with Crippen molar-refractivity contribution in [1.82, 2.24) is 0 Å². The number of hydrogen-bond acceptors (Lipinski definition) is 5. The molecule has 132 valence electrons. The van der Waals surface area contributed by atoms with Crippen molar-refractivity contribution < 1.29 is 27.5 Å². The smallest absolute Gasteiger partial charge is 0.125 e. The van der Waals surface area contributed by atoms with Crippen LogP contribution in [0.3, 0.4) is 0 Å². The molecule has 0 saturated carbocycles. The van der Waals surface area contributed by atoms with Crippen molar-refractivity contribution >= 4 is 31.4 Å². The van der Waals surface area contributed by atoms with E-state index in [1.54, 1.807) is 0 Å². The quantitative estimate of drug-likeness (QED) is 0.406. The molecular weight excluding hydrogens is 334 g/mol. The maximum absolute atomic E-state index is 10.1. The third kappa shape index (κ3) is 63.2. The summed E-state index contributed by atoms with van der Waals surface area (Å²) in [5, 5.41) is 0. The van der Waals surface area contributed by atoms with Gasteiger partial charge in [-0.25, -0.2) is 4.20 Å². The zero-order chi connectivity index (χ0) is 17.7. The highest BCUT2D eigenvalue weighted by molar-refractivity contribution is 7.99. The fraction of sp³-hybridized carbons (Fsp3) is 1.00. The number of rotatable bonds is 6. The minimum atomic E-state index is -5.64. The first kappa shape index (κ1) is 26.6. The van der Waals surface area contributed by atoms with E-state index in [-0.39, 0.29) is 0 Å². The second kappa shape index (κ2) is 13.2. The van der Waals surface area contributed by atoms with E-state index in [4.69, 9.17) is 14.4 Å². The van der Waals surface area contributed by atoms with Crippen molar-refractivity contribution in [1.29, 1.82) is 0 Å². The molecule has 0 unspecified atom stereocenters. The molecule has 0 aromatic carbocycles. The maximum Gasteiger partial charge on any atom is 0.125 e. The Balaban J connectivity index is -0.000000239. The molecule has 0 N–H and O–H groups in total. The first-order chi connectivity index (χ1) is 9.12. The summed E-state index contributed by atoms with van der Waals surface area (Å²) < 4.78 is 20.7. The van der Waals surface area contributed by atoms with Gasteiger partial charge in [0.25, 0.3) is 0 Å². The van der Waals surface area contributed by atoms with Crippen molar-refractivity contribution in [3.8, 4) is 0 Å². The van der Waals surface area contributed by atoms with Crippen LogP contribution < -0.4 is 9.79 Å². The summed E-state index contributed by atoms with van der Waals surface area (Å²) in [6.45, 7) is 4.39. The fourth-order valence-electron chi connectivity index (χ4n) is 0.730. The molecule has 21 heavy (non-hydrogen) atoms. The Morgan fingerprint density at radius 2 is 1.05 bits per heavy atom. The third-order valence-corrected chi connectivity index (χ3v) is 4.10. The molecule has 0 heterocycles. The van der Waals surface area contributed by atoms with E-state index in [0.717, 1.165) is 8.97 Å². The zero-order valence-corrected chi connectivity index (χ0v) is 17.1. The molecule has 0 aliphatic rings. The Kier molecular flexibility index (Phi) is 16.7. The van der Waals surface area contributed by atoms with Crippen LogP contribution in [0.4, 0.5) is 4.20 Å². The third-order valence-electron chi connectivity index (χ3n) is 1.37. The lowest BCUT2D eigenvalue weighted by Crippen LogP contribution is -2.33. The summed E-state index contributed by atoms with van der Waals surface area (Å²) in [4.78, 5) is 16.9. The number of nitrogens with zero attached hydrogens (tertiary/aromatic N) is 2. The van der Waals surface area contributed by atoms with Crippen LogP contribution in [0.25, 0.3) is 0 Å². The molecule has 0 atom stereocenters. The lowest BCUT2D eigenvalue weighted by atomic mass is 10.8. The lowest BCUT2D eigenvalue weighted by molar-refractivity contribution is -0.857. The van der Waals surface area contributed by atoms with Crippen LogP contribution >= 0.6 is 31.4 Å². The molecule has 0 aliphatic heterocycles. The first-order valence-electron chi connectivity index (χ1n) is 6.60. The Morgan fingerprint density at radius 3 is 1.10 bits per heavy atom. The van der Waals surface area contributed by atoms with E-state index in [1.807, 2.05) is 23.5 Å². The molecule has 0 aliphatic carbocycles. The van der Waals surface area contributed by atoms with E-state index in [2.05, 4.69) is 56.1 Å². The molecule has 0 aromatic heterocycles. The van der Waals surface area contributed by atoms with Gasteiger partial charge in [0.1, 0.15) is 19.7 Å². The van der Waals surface area contributed by atoms with Crippen LogP contribution in [0.1, 0.15) is 13.8 Å². The highest BCUT2D eigenvalue weighted by Crippen LogP contribution is 2.22. The second-order valence-corrected chi connectivity index (χ2v) is 9.60. The average Bonchev–Trinajstić information content (AvgIpc) is 2.20. The largest absolute Gasteiger partial charge is 0.786 e. The van der Waals surface area contributed by atoms with Gasteiger partial charge in [-0.3, -0.25) is 0 Å². The van der Waals surface area contributed by atoms with Crippen molar-refractivity contribution in [3.63, 3.8) is 0 Å². The Morgan fingerprint density at radius 1 is 0.857 bits per heavy atom. The van der Waals surface area contributed by atoms with Crippen molar-refractivity contribution in [2.45, 2.75) is 13.8 Å². The first-order valence-corrected chi connectivity index (χ1v) is 10.3. The molecule has 0 fully saturated rings. The van der Waals surface area contributed by atoms with E-state index in [0.29, 0.717) is 0 Å². The van der Waals surface area contributed by atoms with Crippen LogP contribution in [-0.4, -0.2) is 74.5 Å². The van der Waals surface area contributed by atoms with E-state index < -0.39 is 7.91 Å². The van der Waals surface area contributed by atoms with Crippen LogP contribution in [0, 0.1) is 0 Å². The van der Waals surface area contributed by atoms with Crippen molar-refractivity contribution in [3.05, 3.63) is 0 Å². The number of halogens is 1. The molecule has 0 saturated heterocycles. The van der Waals surface area contributed by atoms with Gasteiger partial charge in [0.05, 0.1) is 42.3 Å². The summed E-state index contributed by atoms with van der Waals surface area (Å²) in [5.74, 6) is 4.90. The molecule has 9 heteroatoms. The highest BCUT2D eigenvalue weighted by Gasteiger charge is 2.04. The van der Waals surface area contributed by atoms with Crippen LogP contribution in [0.5, 0.6) is 0 Å². The van der Waals surface area contributed by atoms with E-state index in [1.165, 1.54) is 23.3 Å². The summed E-state index contributed by atoms with van der Waals surface area (Å²) in [6, 6.07) is 0. The van der Waals surface area contributed by atoms with Gasteiger partial charge in [-0.15, -0.1) is 23.5 Å². The van der Waals surface area contributed by atoms with Gasteiger partial charge in [-0.2, -0.15) is 0 Å². The summed E-state index contributed by atoms with van der Waals surface area (Å²) in [6.07, 6.45) is 0. The van der Waals surface area contributed by atoms with Crippen molar-refractivity contribution in [2.75, 3.05) is 65.5 Å². The second-order valence-electron chi connectivity index (χ2n) is 6.26. The van der Waals surface area contributed by atoms with Crippen LogP contribution in [-0.2, 0) is 4.57 Å². The number of thioether (sulfide) groups is 2. The molecule has 0 aromatic rings. The van der Waals surface area contributed by atoms with Gasteiger partial charge in [0, 0.05) is 0 Å². The minimum absolute atomic E-state index is 1.07. The Bertz CT molecular complexity index is 252. The predicted molar refractivity (Wildman–Crippen MR) is 90.8 cm³/mol. The zero-order valence-electron chi connectivity index (χ0n) is 14.6. The predicted octanol–water partition coefficient (Wildman–Crippen LogP) is 1.59. The Hall–Kier alpha value is 0.700. The highest BCUT2D eigenvalue weighted by atomic mass is 32.2. The van der Waals surface area contributed by atoms with Gasteiger partial charge in [0.15, 0.2) is 0 Å². The van der Waals surface area contributed by atoms with Crippen LogP contribution in [0.15, 0.2) is 0 Å². The number of quaternary nitrogens is 2. The van der Waals surface area contributed by atoms with Gasteiger partial charge in [0.2, 0.25) is 0 Å². The topological polar surface area (TPSA) is 63.2 Å². The monoisotopic (exact) mass is 366 g/mol. The molecule has 0 rings (SSSR count). The van der Waals surface area contributed by atoms with Gasteiger partial charge < -0.3 is 23.3 Å². The molecule has 0 spiro atoms. The van der Waals surface area contributed by atoms with Gasteiger partial charge >= 0.3 is 0 Å². The van der Waals surface area contributed by atoms with Gasteiger partial charge in [-0.05, 0) is 11.5 Å². The minimum Gasteiger partial charge on any atom is -0.786 e. The summed E-state index contributed by atoms with van der Waals surface area (Å²) in [7, 11) is 7.63. The number of hydrogen-bond donors (Lipinski definition) is 0. The lowest BCUT2D eigenvalue weighted by Gasteiger charge is -2.22. The van der Waals surface area contributed by atoms with Crippen molar-refractivity contribution in [2.24, 2.45) is 0 Å².